The summed E-state index contributed by atoms with van der Waals surface area (Å²) in [6.45, 7) is 3.98. The van der Waals surface area contributed by atoms with Gasteiger partial charge in [0.25, 0.3) is 0 Å². The van der Waals surface area contributed by atoms with Gasteiger partial charge in [-0.15, -0.1) is 11.8 Å². The fourth-order valence-electron chi connectivity index (χ4n) is 2.58. The molecule has 0 saturated carbocycles. The number of aryl methyl sites for hydroxylation is 2. The summed E-state index contributed by atoms with van der Waals surface area (Å²) in [5.41, 5.74) is 3.45. The average Bonchev–Trinajstić information content (AvgIpc) is 2.92. The summed E-state index contributed by atoms with van der Waals surface area (Å²) in [6, 6.07) is 17.5. The van der Waals surface area contributed by atoms with E-state index in [0.29, 0.717) is 11.3 Å². The summed E-state index contributed by atoms with van der Waals surface area (Å²) in [7, 11) is 0. The predicted octanol–water partition coefficient (Wildman–Crippen LogP) is 4.44. The molecule has 2 aromatic carbocycles. The van der Waals surface area contributed by atoms with E-state index < -0.39 is 0 Å². The number of benzene rings is 2. The van der Waals surface area contributed by atoms with Gasteiger partial charge in [-0.1, -0.05) is 48.0 Å². The van der Waals surface area contributed by atoms with E-state index in [2.05, 4.69) is 4.98 Å². The third-order valence-electron chi connectivity index (χ3n) is 3.75. The van der Waals surface area contributed by atoms with E-state index in [4.69, 9.17) is 0 Å². The van der Waals surface area contributed by atoms with Crippen LogP contribution in [0.15, 0.2) is 59.6 Å². The minimum Gasteiger partial charge on any atom is -0.293 e. The van der Waals surface area contributed by atoms with Crippen molar-refractivity contribution < 1.29 is 4.79 Å². The standard InChI is InChI=1S/C19H18N2OS/c1-13-9-11-16(12-10-13)21-14(2)20-19(23-3)17(21)18(22)15-7-5-4-6-8-15/h4-12H,1-3H3. The molecule has 0 fully saturated rings. The summed E-state index contributed by atoms with van der Waals surface area (Å²) >= 11 is 1.50. The number of hydrogen-bond acceptors (Lipinski definition) is 3. The Balaban J connectivity index is 2.19. The summed E-state index contributed by atoms with van der Waals surface area (Å²) in [4.78, 5) is 17.6. The number of aromatic nitrogens is 2. The Morgan fingerprint density at radius 3 is 2.26 bits per heavy atom. The second-order valence-corrected chi connectivity index (χ2v) is 6.18. The lowest BCUT2D eigenvalue weighted by atomic mass is 10.1. The molecule has 0 atom stereocenters. The van der Waals surface area contributed by atoms with E-state index in [0.717, 1.165) is 16.5 Å². The van der Waals surface area contributed by atoms with Crippen LogP contribution in [0.5, 0.6) is 0 Å². The van der Waals surface area contributed by atoms with Gasteiger partial charge < -0.3 is 0 Å². The van der Waals surface area contributed by atoms with Crippen molar-refractivity contribution in [3.8, 4) is 5.69 Å². The Kier molecular flexibility index (Phi) is 4.35. The highest BCUT2D eigenvalue weighted by atomic mass is 32.2. The first-order valence-corrected chi connectivity index (χ1v) is 8.64. The molecule has 0 aliphatic rings. The number of carbonyl (C=O) groups excluding carboxylic acids is 1. The number of hydrogen-bond donors (Lipinski definition) is 0. The molecule has 0 spiro atoms. The average molecular weight is 322 g/mol. The van der Waals surface area contributed by atoms with Crippen LogP contribution < -0.4 is 0 Å². The number of thioether (sulfide) groups is 1. The lowest BCUT2D eigenvalue weighted by molar-refractivity contribution is 0.102. The predicted molar refractivity (Wildman–Crippen MR) is 94.7 cm³/mol. The SMILES string of the molecule is CSc1nc(C)n(-c2ccc(C)cc2)c1C(=O)c1ccccc1. The molecule has 0 saturated heterocycles. The zero-order chi connectivity index (χ0) is 16.4. The quantitative estimate of drug-likeness (QED) is 0.526. The van der Waals surface area contributed by atoms with Crippen LogP contribution in [-0.4, -0.2) is 21.6 Å². The number of nitrogens with zero attached hydrogens (tertiary/aromatic N) is 2. The minimum atomic E-state index is -0.00359. The van der Waals surface area contributed by atoms with Gasteiger partial charge in [-0.3, -0.25) is 9.36 Å². The van der Waals surface area contributed by atoms with Gasteiger partial charge >= 0.3 is 0 Å². The van der Waals surface area contributed by atoms with Crippen molar-refractivity contribution in [3.63, 3.8) is 0 Å². The molecule has 3 rings (SSSR count). The van der Waals surface area contributed by atoms with Gasteiger partial charge in [0, 0.05) is 11.3 Å². The third kappa shape index (κ3) is 2.94. The highest BCUT2D eigenvalue weighted by Gasteiger charge is 2.23. The van der Waals surface area contributed by atoms with E-state index >= 15 is 0 Å². The second kappa shape index (κ2) is 6.42. The lowest BCUT2D eigenvalue weighted by Gasteiger charge is -2.11. The molecule has 1 aromatic heterocycles. The van der Waals surface area contributed by atoms with E-state index in [1.54, 1.807) is 0 Å². The second-order valence-electron chi connectivity index (χ2n) is 5.38. The Morgan fingerprint density at radius 2 is 1.65 bits per heavy atom. The molecule has 3 nitrogen and oxygen atoms in total. The molecule has 0 radical (unpaired) electrons. The molecule has 0 bridgehead atoms. The maximum Gasteiger partial charge on any atom is 0.212 e. The van der Waals surface area contributed by atoms with Crippen LogP contribution in [0.3, 0.4) is 0 Å². The molecule has 3 aromatic rings. The van der Waals surface area contributed by atoms with Gasteiger partial charge in [0.15, 0.2) is 0 Å². The van der Waals surface area contributed by atoms with E-state index in [1.807, 2.05) is 79.3 Å². The minimum absolute atomic E-state index is 0.00359. The Labute approximate surface area is 140 Å². The number of ketones is 1. The Bertz CT molecular complexity index is 836. The highest BCUT2D eigenvalue weighted by Crippen LogP contribution is 2.27. The summed E-state index contributed by atoms with van der Waals surface area (Å²) in [5, 5.41) is 0.761. The normalized spacial score (nSPS) is 10.7. The molecular formula is C19H18N2OS. The van der Waals surface area contributed by atoms with Crippen molar-refractivity contribution in [3.05, 3.63) is 77.2 Å². The smallest absolute Gasteiger partial charge is 0.212 e. The van der Waals surface area contributed by atoms with Crippen LogP contribution in [-0.2, 0) is 0 Å². The molecule has 116 valence electrons. The molecule has 0 aliphatic heterocycles. The van der Waals surface area contributed by atoms with Crippen molar-refractivity contribution in [2.75, 3.05) is 6.26 Å². The van der Waals surface area contributed by atoms with Gasteiger partial charge in [-0.25, -0.2) is 4.98 Å². The fourth-order valence-corrected chi connectivity index (χ4v) is 3.19. The Morgan fingerprint density at radius 1 is 1.00 bits per heavy atom. The molecule has 23 heavy (non-hydrogen) atoms. The van der Waals surface area contributed by atoms with E-state index in [9.17, 15) is 4.79 Å². The highest BCUT2D eigenvalue weighted by molar-refractivity contribution is 7.98. The van der Waals surface area contributed by atoms with Gasteiger partial charge in [0.1, 0.15) is 16.5 Å². The van der Waals surface area contributed by atoms with Gasteiger partial charge in [0.2, 0.25) is 5.78 Å². The molecule has 0 unspecified atom stereocenters. The van der Waals surface area contributed by atoms with Gasteiger partial charge in [0.05, 0.1) is 0 Å². The topological polar surface area (TPSA) is 34.9 Å². The first-order chi connectivity index (χ1) is 11.1. The molecule has 1 heterocycles. The van der Waals surface area contributed by atoms with Gasteiger partial charge in [-0.2, -0.15) is 0 Å². The van der Waals surface area contributed by atoms with E-state index in [1.165, 1.54) is 17.3 Å². The van der Waals surface area contributed by atoms with Crippen LogP contribution >= 0.6 is 11.8 Å². The number of rotatable bonds is 4. The van der Waals surface area contributed by atoms with Crippen molar-refractivity contribution in [2.24, 2.45) is 0 Å². The van der Waals surface area contributed by atoms with Crippen LogP contribution in [0.25, 0.3) is 5.69 Å². The molecule has 0 N–H and O–H groups in total. The fraction of sp³-hybridized carbons (Fsp3) is 0.158. The number of imidazole rings is 1. The van der Waals surface area contributed by atoms with E-state index in [-0.39, 0.29) is 5.78 Å². The van der Waals surface area contributed by atoms with Gasteiger partial charge in [-0.05, 0) is 32.2 Å². The molecular weight excluding hydrogens is 304 g/mol. The summed E-state index contributed by atoms with van der Waals surface area (Å²) in [6.07, 6.45) is 1.95. The van der Waals surface area contributed by atoms with Crippen molar-refractivity contribution >= 4 is 17.5 Å². The zero-order valence-corrected chi connectivity index (χ0v) is 14.2. The zero-order valence-electron chi connectivity index (χ0n) is 13.4. The van der Waals surface area contributed by atoms with Crippen molar-refractivity contribution in [2.45, 2.75) is 18.9 Å². The first-order valence-electron chi connectivity index (χ1n) is 7.42. The first kappa shape index (κ1) is 15.6. The third-order valence-corrected chi connectivity index (χ3v) is 4.42. The molecule has 0 aliphatic carbocycles. The maximum absolute atomic E-state index is 13.0. The van der Waals surface area contributed by atoms with Crippen molar-refractivity contribution in [1.82, 2.24) is 9.55 Å². The maximum atomic E-state index is 13.0. The monoisotopic (exact) mass is 322 g/mol. The molecule has 0 amide bonds. The largest absolute Gasteiger partial charge is 0.293 e. The summed E-state index contributed by atoms with van der Waals surface area (Å²) < 4.78 is 1.95. The summed E-state index contributed by atoms with van der Waals surface area (Å²) in [5.74, 6) is 0.814. The van der Waals surface area contributed by atoms with Crippen LogP contribution in [0, 0.1) is 13.8 Å². The van der Waals surface area contributed by atoms with Crippen molar-refractivity contribution in [1.29, 1.82) is 0 Å². The lowest BCUT2D eigenvalue weighted by Crippen LogP contribution is -2.11. The van der Waals surface area contributed by atoms with Crippen LogP contribution in [0.2, 0.25) is 0 Å². The van der Waals surface area contributed by atoms with Crippen LogP contribution in [0.1, 0.15) is 27.4 Å². The Hall–Kier alpha value is -2.33. The van der Waals surface area contributed by atoms with Crippen LogP contribution in [0.4, 0.5) is 0 Å². The molecule has 4 heteroatoms. The number of carbonyl (C=O) groups is 1.